The van der Waals surface area contributed by atoms with Gasteiger partial charge < -0.3 is 21.3 Å². The summed E-state index contributed by atoms with van der Waals surface area (Å²) >= 11 is 0. The molecule has 0 amide bonds. The molecule has 0 aliphatic rings. The second-order valence-corrected chi connectivity index (χ2v) is 5.34. The number of fused-ring (bicyclic) bond motifs is 1. The molecule has 1 aromatic heterocycles. The van der Waals surface area contributed by atoms with Crippen LogP contribution in [0.15, 0.2) is 41.4 Å². The van der Waals surface area contributed by atoms with E-state index in [-0.39, 0.29) is 17.5 Å². The van der Waals surface area contributed by atoms with Crippen LogP contribution >= 0.6 is 0 Å². The van der Waals surface area contributed by atoms with Crippen molar-refractivity contribution in [2.75, 3.05) is 7.11 Å². The number of nitrogens with two attached hydrogens (primary N) is 2. The van der Waals surface area contributed by atoms with E-state index < -0.39 is 5.82 Å². The molecule has 0 spiro atoms. The quantitative estimate of drug-likeness (QED) is 0.493. The van der Waals surface area contributed by atoms with Crippen molar-refractivity contribution in [1.82, 2.24) is 9.97 Å². The molecule has 25 heavy (non-hydrogen) atoms. The number of rotatable bonds is 4. The molecule has 3 rings (SSSR count). The van der Waals surface area contributed by atoms with Crippen LogP contribution in [0.25, 0.3) is 10.9 Å². The standard InChI is InChI=1S/C17H16FN5O2/c1-25-14-6-9(2-5-13(14)24)7-15-21-12-8-10(18)3-4-11(12)16(22-15)23-17(19)20/h2-6,8,24H,7H2,1H3,(H4,19,20,21,22,23). The van der Waals surface area contributed by atoms with Gasteiger partial charge in [0.15, 0.2) is 23.3 Å². The summed E-state index contributed by atoms with van der Waals surface area (Å²) in [5.41, 5.74) is 12.1. The van der Waals surface area contributed by atoms with E-state index in [0.29, 0.717) is 28.9 Å². The van der Waals surface area contributed by atoms with Gasteiger partial charge in [-0.05, 0) is 29.8 Å². The Kier molecular flexibility index (Phi) is 4.34. The molecule has 2 aromatic carbocycles. The number of aromatic nitrogens is 2. The molecule has 1 heterocycles. The van der Waals surface area contributed by atoms with Crippen molar-refractivity contribution in [3.63, 3.8) is 0 Å². The highest BCUT2D eigenvalue weighted by Gasteiger charge is 2.11. The SMILES string of the molecule is COc1cc(Cc2nc(N=C(N)N)c3ccc(F)cc3n2)ccc1O. The molecule has 3 aromatic rings. The normalized spacial score (nSPS) is 10.6. The van der Waals surface area contributed by atoms with Gasteiger partial charge in [-0.3, -0.25) is 0 Å². The number of aromatic hydroxyl groups is 1. The first kappa shape index (κ1) is 16.4. The Morgan fingerprint density at radius 2 is 2.00 bits per heavy atom. The third-order valence-corrected chi connectivity index (χ3v) is 3.53. The van der Waals surface area contributed by atoms with Crippen LogP contribution in [0.5, 0.6) is 11.5 Å². The van der Waals surface area contributed by atoms with E-state index in [0.717, 1.165) is 5.56 Å². The average Bonchev–Trinajstić information content (AvgIpc) is 2.55. The number of guanidine groups is 1. The molecule has 7 nitrogen and oxygen atoms in total. The predicted octanol–water partition coefficient (Wildman–Crippen LogP) is 1.98. The van der Waals surface area contributed by atoms with Crippen LogP contribution in [-0.4, -0.2) is 28.1 Å². The van der Waals surface area contributed by atoms with Gasteiger partial charge in [0.2, 0.25) is 0 Å². The lowest BCUT2D eigenvalue weighted by atomic mass is 10.1. The lowest BCUT2D eigenvalue weighted by Crippen LogP contribution is -2.22. The van der Waals surface area contributed by atoms with Gasteiger partial charge in [-0.2, -0.15) is 4.99 Å². The molecule has 0 aliphatic carbocycles. The van der Waals surface area contributed by atoms with Gasteiger partial charge in [-0.25, -0.2) is 14.4 Å². The van der Waals surface area contributed by atoms with Crippen LogP contribution in [0.1, 0.15) is 11.4 Å². The van der Waals surface area contributed by atoms with E-state index in [1.807, 2.05) is 0 Å². The summed E-state index contributed by atoms with van der Waals surface area (Å²) in [5.74, 6) is 0.486. The van der Waals surface area contributed by atoms with Gasteiger partial charge >= 0.3 is 0 Å². The summed E-state index contributed by atoms with van der Waals surface area (Å²) < 4.78 is 18.6. The summed E-state index contributed by atoms with van der Waals surface area (Å²) in [5, 5.41) is 10.2. The monoisotopic (exact) mass is 341 g/mol. The highest BCUT2D eigenvalue weighted by Crippen LogP contribution is 2.28. The Bertz CT molecular complexity index is 971. The van der Waals surface area contributed by atoms with Crippen molar-refractivity contribution < 1.29 is 14.2 Å². The molecule has 128 valence electrons. The van der Waals surface area contributed by atoms with Gasteiger partial charge in [0.05, 0.1) is 12.6 Å². The minimum Gasteiger partial charge on any atom is -0.504 e. The number of nitrogens with zero attached hydrogens (tertiary/aromatic N) is 3. The number of benzene rings is 2. The zero-order valence-electron chi connectivity index (χ0n) is 13.4. The molecule has 5 N–H and O–H groups in total. The number of hydrogen-bond donors (Lipinski definition) is 3. The van der Waals surface area contributed by atoms with Gasteiger partial charge in [0, 0.05) is 17.9 Å². The second-order valence-electron chi connectivity index (χ2n) is 5.34. The maximum absolute atomic E-state index is 13.5. The fourth-order valence-electron chi connectivity index (χ4n) is 2.43. The van der Waals surface area contributed by atoms with Gasteiger partial charge in [0.25, 0.3) is 0 Å². The summed E-state index contributed by atoms with van der Waals surface area (Å²) in [6.07, 6.45) is 0.329. The van der Waals surface area contributed by atoms with Crippen LogP contribution in [0.3, 0.4) is 0 Å². The molecule has 0 saturated carbocycles. The number of phenolic OH excluding ortho intramolecular Hbond substituents is 1. The maximum Gasteiger partial charge on any atom is 0.192 e. The smallest absolute Gasteiger partial charge is 0.192 e. The first-order valence-electron chi connectivity index (χ1n) is 7.38. The van der Waals surface area contributed by atoms with Crippen molar-refractivity contribution >= 4 is 22.7 Å². The third-order valence-electron chi connectivity index (χ3n) is 3.53. The largest absolute Gasteiger partial charge is 0.504 e. The van der Waals surface area contributed by atoms with E-state index in [1.54, 1.807) is 12.1 Å². The molecule has 0 atom stereocenters. The number of ether oxygens (including phenoxy) is 1. The van der Waals surface area contributed by atoms with E-state index in [4.69, 9.17) is 16.2 Å². The first-order chi connectivity index (χ1) is 12.0. The number of phenols is 1. The predicted molar refractivity (Wildman–Crippen MR) is 92.4 cm³/mol. The van der Waals surface area contributed by atoms with Crippen molar-refractivity contribution in [3.05, 3.63) is 53.6 Å². The fraction of sp³-hybridized carbons (Fsp3) is 0.118. The number of hydrogen-bond acceptors (Lipinski definition) is 5. The Labute approximate surface area is 142 Å². The van der Waals surface area contributed by atoms with Crippen molar-refractivity contribution in [2.24, 2.45) is 16.5 Å². The van der Waals surface area contributed by atoms with Gasteiger partial charge in [0.1, 0.15) is 11.6 Å². The molecular formula is C17H16FN5O2. The zero-order valence-corrected chi connectivity index (χ0v) is 13.4. The lowest BCUT2D eigenvalue weighted by molar-refractivity contribution is 0.373. The minimum atomic E-state index is -0.417. The third kappa shape index (κ3) is 3.57. The molecule has 0 bridgehead atoms. The van der Waals surface area contributed by atoms with E-state index in [2.05, 4.69) is 15.0 Å². The van der Waals surface area contributed by atoms with Crippen LogP contribution in [0.4, 0.5) is 10.2 Å². The molecule has 0 fully saturated rings. The second kappa shape index (κ2) is 6.60. The maximum atomic E-state index is 13.5. The Balaban J connectivity index is 2.08. The van der Waals surface area contributed by atoms with Crippen LogP contribution in [0, 0.1) is 5.82 Å². The van der Waals surface area contributed by atoms with Crippen LogP contribution in [0.2, 0.25) is 0 Å². The number of aliphatic imine (C=N–C) groups is 1. The van der Waals surface area contributed by atoms with Crippen molar-refractivity contribution in [2.45, 2.75) is 6.42 Å². The Morgan fingerprint density at radius 3 is 2.72 bits per heavy atom. The van der Waals surface area contributed by atoms with Gasteiger partial charge in [-0.1, -0.05) is 6.07 Å². The van der Waals surface area contributed by atoms with Crippen molar-refractivity contribution in [3.8, 4) is 11.5 Å². The van der Waals surface area contributed by atoms with Crippen molar-refractivity contribution in [1.29, 1.82) is 0 Å². The van der Waals surface area contributed by atoms with E-state index in [1.165, 1.54) is 31.4 Å². The van der Waals surface area contributed by atoms with E-state index in [9.17, 15) is 9.50 Å². The summed E-state index contributed by atoms with van der Waals surface area (Å²) in [7, 11) is 1.46. The van der Waals surface area contributed by atoms with Crippen LogP contribution < -0.4 is 16.2 Å². The highest BCUT2D eigenvalue weighted by molar-refractivity contribution is 5.91. The summed E-state index contributed by atoms with van der Waals surface area (Å²) in [4.78, 5) is 12.7. The average molecular weight is 341 g/mol. The number of methoxy groups -OCH3 is 1. The highest BCUT2D eigenvalue weighted by atomic mass is 19.1. The zero-order chi connectivity index (χ0) is 18.0. The van der Waals surface area contributed by atoms with Gasteiger partial charge in [-0.15, -0.1) is 0 Å². The lowest BCUT2D eigenvalue weighted by Gasteiger charge is -2.08. The molecule has 8 heteroatoms. The van der Waals surface area contributed by atoms with E-state index >= 15 is 0 Å². The Morgan fingerprint density at radius 1 is 1.20 bits per heavy atom. The summed E-state index contributed by atoms with van der Waals surface area (Å²) in [6.45, 7) is 0. The number of halogens is 1. The molecule has 0 saturated heterocycles. The topological polar surface area (TPSA) is 120 Å². The molecular weight excluding hydrogens is 325 g/mol. The molecule has 0 aliphatic heterocycles. The van der Waals surface area contributed by atoms with Crippen LogP contribution in [-0.2, 0) is 6.42 Å². The first-order valence-corrected chi connectivity index (χ1v) is 7.38. The minimum absolute atomic E-state index is 0.0361. The molecule has 0 unspecified atom stereocenters. The molecule has 0 radical (unpaired) electrons. The fourth-order valence-corrected chi connectivity index (χ4v) is 2.43. The Hall–Kier alpha value is -3.42. The summed E-state index contributed by atoms with van der Waals surface area (Å²) in [6, 6.07) is 9.03.